The number of alkyl halides is 5. The number of carbonyl (C=O) groups excluding carboxylic acids is 3. The second-order valence-corrected chi connectivity index (χ2v) is 18.5. The molecule has 1 aliphatic carbocycles. The van der Waals surface area contributed by atoms with Gasteiger partial charge in [-0.05, 0) is 95.2 Å². The lowest BCUT2D eigenvalue weighted by atomic mass is 9.68. The van der Waals surface area contributed by atoms with Gasteiger partial charge in [-0.3, -0.25) is 33.7 Å². The number of aliphatic hydroxyl groups is 1. The van der Waals surface area contributed by atoms with Gasteiger partial charge >= 0.3 is 11.9 Å². The Bertz CT molecular complexity index is 2780. The minimum atomic E-state index is -4.74. The summed E-state index contributed by atoms with van der Waals surface area (Å²) < 4.78 is 87.2. The van der Waals surface area contributed by atoms with Crippen molar-refractivity contribution in [1.29, 1.82) is 0 Å². The molecule has 0 radical (unpaired) electrons. The topological polar surface area (TPSA) is 177 Å². The Kier molecular flexibility index (Phi) is 10.9. The van der Waals surface area contributed by atoms with E-state index in [1.54, 1.807) is 25.2 Å². The van der Waals surface area contributed by atoms with Gasteiger partial charge in [0.05, 0.1) is 41.4 Å². The van der Waals surface area contributed by atoms with Crippen LogP contribution in [0.25, 0.3) is 22.1 Å². The molecule has 1 unspecified atom stereocenters. The normalized spacial score (nSPS) is 22.6. The van der Waals surface area contributed by atoms with E-state index in [1.807, 2.05) is 9.80 Å². The summed E-state index contributed by atoms with van der Waals surface area (Å²) in [5.74, 6) is -3.90. The summed E-state index contributed by atoms with van der Waals surface area (Å²) in [6, 6.07) is 8.53. The highest BCUT2D eigenvalue weighted by atomic mass is 19.4. The van der Waals surface area contributed by atoms with Gasteiger partial charge in [0.25, 0.3) is 11.8 Å². The first-order chi connectivity index (χ1) is 30.7. The molecule has 346 valence electrons. The molecule has 1 atom stereocenters. The predicted octanol–water partition coefficient (Wildman–Crippen LogP) is 6.48. The number of likely N-dealkylation sites (tertiary alicyclic amines) is 1. The highest BCUT2D eigenvalue weighted by Gasteiger charge is 2.63. The Morgan fingerprint density at radius 1 is 1.02 bits per heavy atom. The molecule has 3 aromatic heterocycles. The number of piperidine rings is 2. The van der Waals surface area contributed by atoms with E-state index >= 15 is 8.78 Å². The van der Waals surface area contributed by atoms with Gasteiger partial charge in [0.2, 0.25) is 11.8 Å². The molecule has 3 N–H and O–H groups in total. The van der Waals surface area contributed by atoms with Crippen molar-refractivity contribution >= 4 is 51.2 Å². The van der Waals surface area contributed by atoms with Gasteiger partial charge < -0.3 is 24.5 Å². The largest absolute Gasteiger partial charge is 0.494 e. The maximum atomic E-state index is 16.4. The van der Waals surface area contributed by atoms with Gasteiger partial charge in [-0.2, -0.15) is 13.2 Å². The standard InChI is InChI=1S/C45H49F5N8O7/c1-42(2,63)26-18-29-33(19-28(26)52-38(60)27-6-5-7-34(51-27)45(48,49)50)65-40(53-29)25-10-8-24(9-11-25)20-56-17-16-43(44(46,47)23-56)21-57(22-43)37-32(64-4)14-12-30-36(37)55(3)41(62)58(30)31-13-15-35(59)54-39(31)61/h5-7,12,14,18-19,24-25,31,63H,8-11,13,15-17,20-23H2,1-4H3,(H,52,60)(H,54,59,61). The number of nitrogens with zero attached hydrogens (tertiary/aromatic N) is 6. The third-order valence-electron chi connectivity index (χ3n) is 13.8. The fraction of sp³-hybridized carbons (Fsp3) is 0.511. The highest BCUT2D eigenvalue weighted by Crippen LogP contribution is 2.54. The minimum absolute atomic E-state index is 0.0505. The number of halogens is 5. The van der Waals surface area contributed by atoms with Gasteiger partial charge in [-0.1, -0.05) is 6.07 Å². The monoisotopic (exact) mass is 908 g/mol. The first-order valence-corrected chi connectivity index (χ1v) is 21.7. The van der Waals surface area contributed by atoms with E-state index in [4.69, 9.17) is 14.1 Å². The van der Waals surface area contributed by atoms with E-state index in [9.17, 15) is 37.5 Å². The number of anilines is 2. The van der Waals surface area contributed by atoms with E-state index in [-0.39, 0.29) is 62.0 Å². The Morgan fingerprint density at radius 3 is 2.42 bits per heavy atom. The lowest BCUT2D eigenvalue weighted by Crippen LogP contribution is -2.70. The van der Waals surface area contributed by atoms with Crippen LogP contribution >= 0.6 is 0 Å². The lowest BCUT2D eigenvalue weighted by Gasteiger charge is -2.58. The van der Waals surface area contributed by atoms with Crippen LogP contribution in [0.4, 0.5) is 33.3 Å². The van der Waals surface area contributed by atoms with Crippen LogP contribution in [0.2, 0.25) is 0 Å². The zero-order chi connectivity index (χ0) is 46.4. The number of fused-ring (bicyclic) bond motifs is 2. The van der Waals surface area contributed by atoms with Crippen LogP contribution in [-0.4, -0.2) is 92.6 Å². The minimum Gasteiger partial charge on any atom is -0.494 e. The second-order valence-electron chi connectivity index (χ2n) is 18.5. The van der Waals surface area contributed by atoms with Crippen LogP contribution in [-0.2, 0) is 28.4 Å². The summed E-state index contributed by atoms with van der Waals surface area (Å²) in [5, 5.41) is 15.9. The molecule has 0 bridgehead atoms. The summed E-state index contributed by atoms with van der Waals surface area (Å²) in [5.41, 5.74) is -2.33. The third-order valence-corrected chi connectivity index (χ3v) is 13.8. The number of benzene rings is 2. The van der Waals surface area contributed by atoms with E-state index < -0.39 is 64.0 Å². The van der Waals surface area contributed by atoms with Crippen LogP contribution in [0.3, 0.4) is 0 Å². The SMILES string of the molecule is COc1ccc2c(c1N1CC3(CCN(CC4CCC(c5nc6cc(C(C)(C)O)c(NC(=O)c7cccc(C(F)(F)F)n7)cc6o5)CC4)CC3(F)F)C1)n(C)c(=O)n2C1CCC(=O)NC1=O. The summed E-state index contributed by atoms with van der Waals surface area (Å²) >= 11 is 0. The van der Waals surface area contributed by atoms with Gasteiger partial charge in [0.15, 0.2) is 11.5 Å². The van der Waals surface area contributed by atoms with Crippen molar-refractivity contribution in [3.63, 3.8) is 0 Å². The van der Waals surface area contributed by atoms with Crippen LogP contribution in [0.1, 0.15) is 98.4 Å². The van der Waals surface area contributed by atoms with Crippen molar-refractivity contribution in [2.75, 3.05) is 50.1 Å². The van der Waals surface area contributed by atoms with Crippen LogP contribution < -0.4 is 26.0 Å². The molecular formula is C45H49F5N8O7. The Balaban J connectivity index is 0.842. The molecule has 6 heterocycles. The van der Waals surface area contributed by atoms with Crippen molar-refractivity contribution in [3.8, 4) is 5.75 Å². The molecule has 3 aliphatic heterocycles. The number of aromatic nitrogens is 4. The number of aryl methyl sites for hydroxylation is 1. The van der Waals surface area contributed by atoms with Crippen molar-refractivity contribution < 1.29 is 50.6 Å². The van der Waals surface area contributed by atoms with Gasteiger partial charge in [-0.15, -0.1) is 0 Å². The maximum absolute atomic E-state index is 16.4. The number of rotatable bonds is 9. The molecule has 2 aromatic carbocycles. The summed E-state index contributed by atoms with van der Waals surface area (Å²) in [7, 11) is 3.05. The highest BCUT2D eigenvalue weighted by molar-refractivity contribution is 6.04. The molecular weight excluding hydrogens is 860 g/mol. The van der Waals surface area contributed by atoms with Gasteiger partial charge in [0.1, 0.15) is 34.4 Å². The Labute approximate surface area is 368 Å². The number of oxazole rings is 1. The first-order valence-electron chi connectivity index (χ1n) is 21.7. The number of hydrogen-bond acceptors (Lipinski definition) is 11. The van der Waals surface area contributed by atoms with E-state index in [0.717, 1.165) is 31.0 Å². The number of imide groups is 1. The summed E-state index contributed by atoms with van der Waals surface area (Å²) in [6.45, 7) is 3.73. The first kappa shape index (κ1) is 44.3. The number of nitrogens with one attached hydrogen (secondary N) is 2. The maximum Gasteiger partial charge on any atom is 0.433 e. The Hall–Kier alpha value is -5.89. The molecule has 3 saturated heterocycles. The molecule has 5 aromatic rings. The average Bonchev–Trinajstić information content (AvgIpc) is 3.76. The van der Waals surface area contributed by atoms with Crippen LogP contribution in [0.5, 0.6) is 5.75 Å². The molecule has 1 saturated carbocycles. The molecule has 15 nitrogen and oxygen atoms in total. The van der Waals surface area contributed by atoms with E-state index in [2.05, 4.69) is 15.6 Å². The zero-order valence-electron chi connectivity index (χ0n) is 36.2. The fourth-order valence-electron chi connectivity index (χ4n) is 10.2. The Morgan fingerprint density at radius 2 is 1.75 bits per heavy atom. The molecule has 65 heavy (non-hydrogen) atoms. The van der Waals surface area contributed by atoms with Crippen LogP contribution in [0, 0.1) is 11.3 Å². The summed E-state index contributed by atoms with van der Waals surface area (Å²) in [6.07, 6.45) is -1.31. The van der Waals surface area contributed by atoms with Crippen molar-refractivity contribution in [1.82, 2.24) is 29.3 Å². The number of methoxy groups -OCH3 is 1. The molecule has 4 fully saturated rings. The number of carbonyl (C=O) groups is 3. The van der Waals surface area contributed by atoms with E-state index in [1.165, 1.54) is 36.2 Å². The molecule has 1 spiro atoms. The van der Waals surface area contributed by atoms with Gasteiger partial charge in [0, 0.05) is 50.7 Å². The van der Waals surface area contributed by atoms with Crippen molar-refractivity contribution in [2.45, 2.75) is 88.5 Å². The van der Waals surface area contributed by atoms with Crippen molar-refractivity contribution in [2.24, 2.45) is 18.4 Å². The quantitative estimate of drug-likeness (QED) is 0.109. The smallest absolute Gasteiger partial charge is 0.433 e. The molecule has 3 amide bonds. The number of hydrogen-bond donors (Lipinski definition) is 3. The number of ether oxygens (including phenoxy) is 1. The zero-order valence-corrected chi connectivity index (χ0v) is 36.2. The third kappa shape index (κ3) is 7.91. The van der Waals surface area contributed by atoms with Crippen LogP contribution in [0.15, 0.2) is 51.7 Å². The molecule has 4 aliphatic rings. The number of imidazole rings is 1. The molecule has 20 heteroatoms. The molecule has 9 rings (SSSR count). The predicted molar refractivity (Wildman–Crippen MR) is 227 cm³/mol. The van der Waals surface area contributed by atoms with E-state index in [0.29, 0.717) is 65.4 Å². The lowest BCUT2D eigenvalue weighted by molar-refractivity contribution is -0.181. The van der Waals surface area contributed by atoms with Crippen molar-refractivity contribution in [3.05, 3.63) is 75.8 Å². The number of amides is 3. The second kappa shape index (κ2) is 15.9. The average molecular weight is 909 g/mol. The summed E-state index contributed by atoms with van der Waals surface area (Å²) in [4.78, 5) is 63.2. The fourth-order valence-corrected chi connectivity index (χ4v) is 10.2. The van der Waals surface area contributed by atoms with Gasteiger partial charge in [-0.25, -0.2) is 23.5 Å². The number of pyridine rings is 1.